The zero-order valence-corrected chi connectivity index (χ0v) is 9.99. The zero-order valence-electron chi connectivity index (χ0n) is 9.17. The molecule has 0 aliphatic carbocycles. The van der Waals surface area contributed by atoms with Gasteiger partial charge in [-0.3, -0.25) is 14.4 Å². The van der Waals surface area contributed by atoms with E-state index in [1.54, 1.807) is 0 Å². The predicted octanol–water partition coefficient (Wildman–Crippen LogP) is 0.394. The van der Waals surface area contributed by atoms with Crippen LogP contribution in [0, 0.1) is 0 Å². The van der Waals surface area contributed by atoms with Crippen molar-refractivity contribution in [1.82, 2.24) is 4.90 Å². The summed E-state index contributed by atoms with van der Waals surface area (Å²) in [7, 11) is 1.51. The van der Waals surface area contributed by atoms with E-state index in [9.17, 15) is 14.4 Å². The van der Waals surface area contributed by atoms with Crippen LogP contribution in [0.1, 0.15) is 26.5 Å². The summed E-state index contributed by atoms with van der Waals surface area (Å²) in [6, 6.07) is 1.41. The maximum absolute atomic E-state index is 11.8. The molecule has 1 aromatic rings. The minimum absolute atomic E-state index is 0.115. The molecular weight excluding hydrogens is 244 g/mol. The third kappa shape index (κ3) is 3.56. The Morgan fingerprint density at radius 2 is 2.12 bits per heavy atom. The maximum atomic E-state index is 11.8. The Morgan fingerprint density at radius 1 is 1.47 bits per heavy atom. The predicted molar refractivity (Wildman–Crippen MR) is 62.1 cm³/mol. The normalized spacial score (nSPS) is 9.94. The largest absolute Gasteiger partial charge is 0.481 e. The number of hydrogen-bond donors (Lipinski definition) is 2. The lowest BCUT2D eigenvalue weighted by atomic mass is 10.3. The van der Waals surface area contributed by atoms with Crippen molar-refractivity contribution in [3.8, 4) is 0 Å². The van der Waals surface area contributed by atoms with Gasteiger partial charge in [0, 0.05) is 19.0 Å². The Hall–Kier alpha value is -1.89. The number of primary amides is 1. The van der Waals surface area contributed by atoms with Crippen LogP contribution in [0.3, 0.4) is 0 Å². The van der Waals surface area contributed by atoms with E-state index in [4.69, 9.17) is 10.8 Å². The molecule has 7 heteroatoms. The van der Waals surface area contributed by atoms with Crippen molar-refractivity contribution in [3.05, 3.63) is 21.9 Å². The lowest BCUT2D eigenvalue weighted by Gasteiger charge is -2.14. The highest BCUT2D eigenvalue weighted by Crippen LogP contribution is 2.16. The molecule has 17 heavy (non-hydrogen) atoms. The molecule has 1 aromatic heterocycles. The molecule has 0 fully saturated rings. The van der Waals surface area contributed by atoms with Crippen LogP contribution in [0.15, 0.2) is 11.4 Å². The van der Waals surface area contributed by atoms with Crippen molar-refractivity contribution < 1.29 is 19.5 Å². The molecule has 92 valence electrons. The van der Waals surface area contributed by atoms with Crippen LogP contribution in [0.5, 0.6) is 0 Å². The van der Waals surface area contributed by atoms with Crippen molar-refractivity contribution in [1.29, 1.82) is 0 Å². The fraction of sp³-hybridized carbons (Fsp3) is 0.300. The molecule has 0 spiro atoms. The molecule has 2 amide bonds. The standard InChI is InChI=1S/C10H12N2O4S/c1-12(3-2-8(13)14)10(16)7-4-6(5-17-7)9(11)15/h4-5H,2-3H2,1H3,(H2,11,15)(H,13,14). The van der Waals surface area contributed by atoms with E-state index in [2.05, 4.69) is 0 Å². The second-order valence-corrected chi connectivity index (χ2v) is 4.35. The quantitative estimate of drug-likeness (QED) is 0.795. The van der Waals surface area contributed by atoms with E-state index in [0.29, 0.717) is 4.88 Å². The summed E-state index contributed by atoms with van der Waals surface area (Å²) >= 11 is 1.11. The summed E-state index contributed by atoms with van der Waals surface area (Å²) in [4.78, 5) is 34.7. The topological polar surface area (TPSA) is 101 Å². The highest BCUT2D eigenvalue weighted by molar-refractivity contribution is 7.12. The fourth-order valence-electron chi connectivity index (χ4n) is 1.13. The first-order valence-corrected chi connectivity index (χ1v) is 5.65. The minimum Gasteiger partial charge on any atom is -0.481 e. The number of thiophene rings is 1. The summed E-state index contributed by atoms with van der Waals surface area (Å²) in [5, 5.41) is 10.00. The number of rotatable bonds is 5. The van der Waals surface area contributed by atoms with Crippen LogP contribution in [0.2, 0.25) is 0 Å². The van der Waals surface area contributed by atoms with E-state index < -0.39 is 11.9 Å². The van der Waals surface area contributed by atoms with Crippen LogP contribution in [0.25, 0.3) is 0 Å². The van der Waals surface area contributed by atoms with Crippen LogP contribution >= 0.6 is 11.3 Å². The third-order valence-corrected chi connectivity index (χ3v) is 3.02. The average Bonchev–Trinajstić information content (AvgIpc) is 2.73. The minimum atomic E-state index is -0.964. The number of amides is 2. The molecule has 0 atom stereocenters. The fourth-order valence-corrected chi connectivity index (χ4v) is 2.02. The van der Waals surface area contributed by atoms with Gasteiger partial charge < -0.3 is 15.7 Å². The Kier molecular flexibility index (Phi) is 4.22. The Balaban J connectivity index is 2.68. The van der Waals surface area contributed by atoms with Gasteiger partial charge in [-0.2, -0.15) is 0 Å². The smallest absolute Gasteiger partial charge is 0.305 e. The van der Waals surface area contributed by atoms with Crippen LogP contribution in [0.4, 0.5) is 0 Å². The number of carboxylic acids is 1. The molecule has 0 radical (unpaired) electrons. The zero-order chi connectivity index (χ0) is 13.0. The van der Waals surface area contributed by atoms with Gasteiger partial charge in [0.1, 0.15) is 0 Å². The molecule has 0 aliphatic rings. The molecule has 0 aliphatic heterocycles. The molecule has 0 saturated heterocycles. The Labute approximate surface area is 102 Å². The van der Waals surface area contributed by atoms with Gasteiger partial charge in [0.05, 0.1) is 16.9 Å². The first-order chi connectivity index (χ1) is 7.91. The van der Waals surface area contributed by atoms with Crippen molar-refractivity contribution in [2.45, 2.75) is 6.42 Å². The van der Waals surface area contributed by atoms with E-state index in [1.165, 1.54) is 23.4 Å². The average molecular weight is 256 g/mol. The Bertz CT molecular complexity index is 455. The molecule has 6 nitrogen and oxygen atoms in total. The summed E-state index contributed by atoms with van der Waals surface area (Å²) < 4.78 is 0. The maximum Gasteiger partial charge on any atom is 0.305 e. The van der Waals surface area contributed by atoms with Crippen molar-refractivity contribution in [3.63, 3.8) is 0 Å². The second-order valence-electron chi connectivity index (χ2n) is 3.43. The number of hydrogen-bond acceptors (Lipinski definition) is 4. The highest BCUT2D eigenvalue weighted by Gasteiger charge is 2.16. The number of carbonyl (C=O) groups excluding carboxylic acids is 2. The first kappa shape index (κ1) is 13.2. The van der Waals surface area contributed by atoms with E-state index in [0.717, 1.165) is 11.3 Å². The lowest BCUT2D eigenvalue weighted by Crippen LogP contribution is -2.28. The van der Waals surface area contributed by atoms with E-state index in [-0.39, 0.29) is 24.4 Å². The molecule has 0 bridgehead atoms. The van der Waals surface area contributed by atoms with Gasteiger partial charge in [-0.15, -0.1) is 11.3 Å². The lowest BCUT2D eigenvalue weighted by molar-refractivity contribution is -0.137. The monoisotopic (exact) mass is 256 g/mol. The van der Waals surface area contributed by atoms with Crippen molar-refractivity contribution in [2.24, 2.45) is 5.73 Å². The van der Waals surface area contributed by atoms with Gasteiger partial charge in [0.15, 0.2) is 0 Å². The van der Waals surface area contributed by atoms with Crippen molar-refractivity contribution in [2.75, 3.05) is 13.6 Å². The van der Waals surface area contributed by atoms with Crippen LogP contribution in [-0.4, -0.2) is 41.4 Å². The summed E-state index contributed by atoms with van der Waals surface area (Å²) in [5.41, 5.74) is 5.35. The molecule has 0 saturated carbocycles. The highest BCUT2D eigenvalue weighted by atomic mass is 32.1. The van der Waals surface area contributed by atoms with Gasteiger partial charge in [0.25, 0.3) is 5.91 Å². The number of carboxylic acid groups (broad SMARTS) is 1. The number of nitrogens with two attached hydrogens (primary N) is 1. The Morgan fingerprint density at radius 3 is 2.59 bits per heavy atom. The molecular formula is C10H12N2O4S. The molecule has 0 unspecified atom stereocenters. The summed E-state index contributed by atoms with van der Waals surface area (Å²) in [5.74, 6) is -1.87. The van der Waals surface area contributed by atoms with E-state index >= 15 is 0 Å². The molecule has 1 heterocycles. The summed E-state index contributed by atoms with van der Waals surface area (Å²) in [6.07, 6.45) is -0.115. The molecule has 0 aromatic carbocycles. The third-order valence-electron chi connectivity index (χ3n) is 2.10. The van der Waals surface area contributed by atoms with E-state index in [1.807, 2.05) is 0 Å². The molecule has 3 N–H and O–H groups in total. The van der Waals surface area contributed by atoms with Gasteiger partial charge >= 0.3 is 5.97 Å². The second kappa shape index (κ2) is 5.44. The number of aliphatic carboxylic acids is 1. The van der Waals surface area contributed by atoms with Crippen molar-refractivity contribution >= 4 is 29.1 Å². The van der Waals surface area contributed by atoms with Gasteiger partial charge in [0.2, 0.25) is 5.91 Å². The van der Waals surface area contributed by atoms with Crippen LogP contribution < -0.4 is 5.73 Å². The summed E-state index contributed by atoms with van der Waals surface area (Å²) in [6.45, 7) is 0.123. The van der Waals surface area contributed by atoms with Gasteiger partial charge in [-0.1, -0.05) is 0 Å². The van der Waals surface area contributed by atoms with Gasteiger partial charge in [-0.25, -0.2) is 0 Å². The van der Waals surface area contributed by atoms with Gasteiger partial charge in [-0.05, 0) is 6.07 Å². The number of nitrogens with zero attached hydrogens (tertiary/aromatic N) is 1. The van der Waals surface area contributed by atoms with Crippen LogP contribution in [-0.2, 0) is 4.79 Å². The molecule has 1 rings (SSSR count). The SMILES string of the molecule is CN(CCC(=O)O)C(=O)c1cc(C(N)=O)cs1. The first-order valence-electron chi connectivity index (χ1n) is 4.77. The number of carbonyl (C=O) groups is 3.